The van der Waals surface area contributed by atoms with Crippen molar-refractivity contribution in [2.75, 3.05) is 0 Å². The molecular weight excluding hydrogens is 211 g/mol. The monoisotopic (exact) mass is 227 g/mol. The Morgan fingerprint density at radius 2 is 1.67 bits per heavy atom. The van der Waals surface area contributed by atoms with E-state index in [1.165, 1.54) is 0 Å². The Morgan fingerprint density at radius 1 is 1.27 bits per heavy atom. The number of carbonyl (C=O) groups is 1. The quantitative estimate of drug-likeness (QED) is 0.748. The highest BCUT2D eigenvalue weighted by atomic mass is 19.4. The van der Waals surface area contributed by atoms with Crippen LogP contribution in [0.1, 0.15) is 27.7 Å². The number of esters is 1. The van der Waals surface area contributed by atoms with Crippen LogP contribution < -0.4 is 5.73 Å². The standard InChI is InChI=1S/C9H16F3NO2/c1-5(2)15-7(14)8(3,4)6(13)9(10,11)12/h5-6H,13H2,1-4H3/t6-/m1/s1. The first-order chi connectivity index (χ1) is 6.49. The summed E-state index contributed by atoms with van der Waals surface area (Å²) in [5.41, 5.74) is 3.20. The molecule has 0 aromatic heterocycles. The molecule has 2 N–H and O–H groups in total. The summed E-state index contributed by atoms with van der Waals surface area (Å²) in [6, 6.07) is -2.23. The van der Waals surface area contributed by atoms with Crippen LogP contribution in [0.4, 0.5) is 13.2 Å². The van der Waals surface area contributed by atoms with Crippen LogP contribution >= 0.6 is 0 Å². The third-order valence-corrected chi connectivity index (χ3v) is 2.00. The van der Waals surface area contributed by atoms with Gasteiger partial charge in [0.2, 0.25) is 0 Å². The molecule has 0 fully saturated rings. The van der Waals surface area contributed by atoms with Crippen LogP contribution in [-0.2, 0) is 9.53 Å². The summed E-state index contributed by atoms with van der Waals surface area (Å²) in [4.78, 5) is 11.4. The molecule has 0 aliphatic heterocycles. The molecule has 0 heterocycles. The third kappa shape index (κ3) is 3.70. The number of rotatable bonds is 3. The second-order valence-electron chi connectivity index (χ2n) is 4.20. The van der Waals surface area contributed by atoms with Crippen molar-refractivity contribution in [2.45, 2.75) is 46.0 Å². The highest BCUT2D eigenvalue weighted by Gasteiger charge is 2.51. The maximum Gasteiger partial charge on any atom is 0.404 e. The number of hydrogen-bond donors (Lipinski definition) is 1. The van der Waals surface area contributed by atoms with E-state index in [4.69, 9.17) is 10.5 Å². The molecule has 0 rings (SSSR count). The maximum absolute atomic E-state index is 12.3. The van der Waals surface area contributed by atoms with Gasteiger partial charge in [0.25, 0.3) is 0 Å². The molecule has 6 heteroatoms. The molecule has 0 saturated heterocycles. The smallest absolute Gasteiger partial charge is 0.404 e. The summed E-state index contributed by atoms with van der Waals surface area (Å²) < 4.78 is 41.6. The van der Waals surface area contributed by atoms with Crippen molar-refractivity contribution < 1.29 is 22.7 Å². The van der Waals surface area contributed by atoms with E-state index >= 15 is 0 Å². The molecule has 0 amide bonds. The van der Waals surface area contributed by atoms with Gasteiger partial charge in [0.15, 0.2) is 0 Å². The lowest BCUT2D eigenvalue weighted by molar-refractivity contribution is -0.190. The number of carbonyl (C=O) groups excluding carboxylic acids is 1. The van der Waals surface area contributed by atoms with Crippen molar-refractivity contribution >= 4 is 5.97 Å². The highest BCUT2D eigenvalue weighted by molar-refractivity contribution is 5.77. The van der Waals surface area contributed by atoms with Crippen LogP contribution in [0.3, 0.4) is 0 Å². The van der Waals surface area contributed by atoms with E-state index in [2.05, 4.69) is 0 Å². The van der Waals surface area contributed by atoms with E-state index in [0.717, 1.165) is 13.8 Å². The summed E-state index contributed by atoms with van der Waals surface area (Å²) in [5, 5.41) is 0. The van der Waals surface area contributed by atoms with Gasteiger partial charge in [-0.3, -0.25) is 4.79 Å². The molecule has 0 aromatic rings. The van der Waals surface area contributed by atoms with Crippen molar-refractivity contribution in [1.29, 1.82) is 0 Å². The molecule has 3 nitrogen and oxygen atoms in total. The Morgan fingerprint density at radius 3 is 1.93 bits per heavy atom. The van der Waals surface area contributed by atoms with Gasteiger partial charge in [-0.2, -0.15) is 13.2 Å². The van der Waals surface area contributed by atoms with Crippen molar-refractivity contribution in [3.8, 4) is 0 Å². The predicted molar refractivity (Wildman–Crippen MR) is 49.0 cm³/mol. The van der Waals surface area contributed by atoms with E-state index in [1.807, 2.05) is 0 Å². The van der Waals surface area contributed by atoms with Gasteiger partial charge in [-0.05, 0) is 27.7 Å². The zero-order chi connectivity index (χ0) is 12.4. The molecule has 0 spiro atoms. The molecule has 0 aliphatic carbocycles. The topological polar surface area (TPSA) is 52.3 Å². The molecule has 0 bridgehead atoms. The maximum atomic E-state index is 12.3. The minimum absolute atomic E-state index is 0.461. The number of nitrogens with two attached hydrogens (primary N) is 1. The van der Waals surface area contributed by atoms with Crippen molar-refractivity contribution in [3.63, 3.8) is 0 Å². The molecule has 15 heavy (non-hydrogen) atoms. The number of ether oxygens (including phenoxy) is 1. The SMILES string of the molecule is CC(C)OC(=O)C(C)(C)[C@@H](N)C(F)(F)F. The van der Waals surface area contributed by atoms with E-state index in [0.29, 0.717) is 0 Å². The first kappa shape index (κ1) is 14.2. The molecule has 0 aromatic carbocycles. The Labute approximate surface area is 86.8 Å². The lowest BCUT2D eigenvalue weighted by Gasteiger charge is -2.31. The fourth-order valence-electron chi connectivity index (χ4n) is 0.902. The molecule has 0 saturated carbocycles. The van der Waals surface area contributed by atoms with Crippen LogP contribution in [0, 0.1) is 5.41 Å². The first-order valence-corrected chi connectivity index (χ1v) is 4.53. The highest BCUT2D eigenvalue weighted by Crippen LogP contribution is 2.33. The van der Waals surface area contributed by atoms with Crippen molar-refractivity contribution in [2.24, 2.45) is 11.1 Å². The molecular formula is C9H16F3NO2. The van der Waals surface area contributed by atoms with E-state index in [-0.39, 0.29) is 0 Å². The molecule has 1 atom stereocenters. The molecule has 90 valence electrons. The van der Waals surface area contributed by atoms with Gasteiger partial charge in [0.1, 0.15) is 6.04 Å². The molecule has 0 aliphatic rings. The summed E-state index contributed by atoms with van der Waals surface area (Å²) in [7, 11) is 0. The average molecular weight is 227 g/mol. The fourth-order valence-corrected chi connectivity index (χ4v) is 0.902. The van der Waals surface area contributed by atoms with Gasteiger partial charge in [-0.25, -0.2) is 0 Å². The van der Waals surface area contributed by atoms with Gasteiger partial charge in [0, 0.05) is 0 Å². The van der Waals surface area contributed by atoms with Gasteiger partial charge in [-0.15, -0.1) is 0 Å². The second-order valence-corrected chi connectivity index (χ2v) is 4.20. The lowest BCUT2D eigenvalue weighted by Crippen LogP contribution is -2.53. The Hall–Kier alpha value is -0.780. The summed E-state index contributed by atoms with van der Waals surface area (Å²) in [6.45, 7) is 5.37. The minimum Gasteiger partial charge on any atom is -0.463 e. The van der Waals surface area contributed by atoms with Crippen LogP contribution in [0.2, 0.25) is 0 Å². The zero-order valence-corrected chi connectivity index (χ0v) is 9.18. The normalized spacial score (nSPS) is 15.3. The predicted octanol–water partition coefficient (Wildman–Crippen LogP) is 1.85. The fraction of sp³-hybridized carbons (Fsp3) is 0.889. The average Bonchev–Trinajstić information content (AvgIpc) is 1.99. The van der Waals surface area contributed by atoms with Gasteiger partial charge in [-0.1, -0.05) is 0 Å². The van der Waals surface area contributed by atoms with E-state index in [1.54, 1.807) is 13.8 Å². The Bertz CT molecular complexity index is 236. The number of hydrogen-bond acceptors (Lipinski definition) is 3. The van der Waals surface area contributed by atoms with Crippen LogP contribution in [0.5, 0.6) is 0 Å². The minimum atomic E-state index is -4.61. The van der Waals surface area contributed by atoms with Crippen LogP contribution in [0.25, 0.3) is 0 Å². The first-order valence-electron chi connectivity index (χ1n) is 4.53. The van der Waals surface area contributed by atoms with Gasteiger partial charge < -0.3 is 10.5 Å². The summed E-state index contributed by atoms with van der Waals surface area (Å²) >= 11 is 0. The number of halogens is 3. The Kier molecular flexibility index (Phi) is 4.16. The summed E-state index contributed by atoms with van der Waals surface area (Å²) in [5.74, 6) is -0.942. The lowest BCUT2D eigenvalue weighted by atomic mass is 9.84. The summed E-state index contributed by atoms with van der Waals surface area (Å²) in [6.07, 6.45) is -5.07. The van der Waals surface area contributed by atoms with E-state index in [9.17, 15) is 18.0 Å². The largest absolute Gasteiger partial charge is 0.463 e. The second kappa shape index (κ2) is 4.38. The zero-order valence-electron chi connectivity index (χ0n) is 9.18. The Balaban J connectivity index is 4.74. The third-order valence-electron chi connectivity index (χ3n) is 2.00. The van der Waals surface area contributed by atoms with Gasteiger partial charge >= 0.3 is 12.1 Å². The van der Waals surface area contributed by atoms with Gasteiger partial charge in [0.05, 0.1) is 11.5 Å². The van der Waals surface area contributed by atoms with Crippen molar-refractivity contribution in [3.05, 3.63) is 0 Å². The van der Waals surface area contributed by atoms with E-state index < -0.39 is 29.7 Å². The van der Waals surface area contributed by atoms with Crippen LogP contribution in [-0.4, -0.2) is 24.3 Å². The molecule has 0 radical (unpaired) electrons. The van der Waals surface area contributed by atoms with Crippen LogP contribution in [0.15, 0.2) is 0 Å². The number of alkyl halides is 3. The molecule has 0 unspecified atom stereocenters. The van der Waals surface area contributed by atoms with Crippen molar-refractivity contribution in [1.82, 2.24) is 0 Å².